The van der Waals surface area contributed by atoms with Crippen molar-refractivity contribution in [3.63, 3.8) is 0 Å². The summed E-state index contributed by atoms with van der Waals surface area (Å²) in [6, 6.07) is 45.3. The maximum atomic E-state index is 5.23. The maximum absolute atomic E-state index is 5.23. The zero-order valence-corrected chi connectivity index (χ0v) is 22.2. The molecule has 4 heteroatoms. The highest BCUT2D eigenvalue weighted by molar-refractivity contribution is 7.25. The molecule has 6 aromatic carbocycles. The Labute approximate surface area is 233 Å². The van der Waals surface area contributed by atoms with Crippen molar-refractivity contribution in [1.29, 1.82) is 0 Å². The van der Waals surface area contributed by atoms with Gasteiger partial charge in [-0.2, -0.15) is 0 Å². The van der Waals surface area contributed by atoms with Crippen molar-refractivity contribution in [3.8, 4) is 17.2 Å². The van der Waals surface area contributed by atoms with Crippen LogP contribution < -0.4 is 0 Å². The van der Waals surface area contributed by atoms with Gasteiger partial charge in [0.15, 0.2) is 0 Å². The van der Waals surface area contributed by atoms with Crippen LogP contribution in [0.5, 0.6) is 0 Å². The molecule has 0 radical (unpaired) electrons. The van der Waals surface area contributed by atoms with Crippen molar-refractivity contribution < 1.29 is 0 Å². The molecule has 0 bridgehead atoms. The first-order valence-corrected chi connectivity index (χ1v) is 14.2. The standard InChI is InChI=1S/C36H21N3S/c1-2-10-22(11-3-1)35-27-14-4-7-15-30(27)37-36(38-35)39-31-16-8-5-12-25(31)28-18-23-19-29-26-13-6-9-17-33(26)40-34(29)21-24(23)20-32(28)39/h1-21H. The van der Waals surface area contributed by atoms with Crippen molar-refractivity contribution in [2.75, 3.05) is 0 Å². The van der Waals surface area contributed by atoms with E-state index in [1.807, 2.05) is 23.5 Å². The molecule has 0 spiro atoms. The van der Waals surface area contributed by atoms with Crippen molar-refractivity contribution >= 4 is 75.0 Å². The van der Waals surface area contributed by atoms with Crippen molar-refractivity contribution in [2.24, 2.45) is 0 Å². The molecular weight excluding hydrogens is 506 g/mol. The second kappa shape index (κ2) is 8.22. The molecule has 0 aliphatic carbocycles. The van der Waals surface area contributed by atoms with Gasteiger partial charge in [0.25, 0.3) is 0 Å². The zero-order chi connectivity index (χ0) is 26.2. The molecule has 3 heterocycles. The summed E-state index contributed by atoms with van der Waals surface area (Å²) >= 11 is 1.86. The lowest BCUT2D eigenvalue weighted by Gasteiger charge is -2.12. The largest absolute Gasteiger partial charge is 0.278 e. The fourth-order valence-corrected chi connectivity index (χ4v) is 7.27. The van der Waals surface area contributed by atoms with E-state index < -0.39 is 0 Å². The van der Waals surface area contributed by atoms with E-state index in [9.17, 15) is 0 Å². The summed E-state index contributed by atoms with van der Waals surface area (Å²) in [5.41, 5.74) is 5.18. The van der Waals surface area contributed by atoms with Gasteiger partial charge in [0, 0.05) is 41.9 Å². The molecule has 0 aliphatic rings. The lowest BCUT2D eigenvalue weighted by Crippen LogP contribution is -2.03. The second-order valence-corrected chi connectivity index (χ2v) is 11.4. The van der Waals surface area contributed by atoms with Crippen LogP contribution in [0.4, 0.5) is 0 Å². The molecule has 3 nitrogen and oxygen atoms in total. The minimum absolute atomic E-state index is 0.686. The lowest BCUT2D eigenvalue weighted by atomic mass is 10.0. The van der Waals surface area contributed by atoms with Crippen molar-refractivity contribution in [2.45, 2.75) is 0 Å². The van der Waals surface area contributed by atoms with Gasteiger partial charge in [-0.15, -0.1) is 11.3 Å². The average Bonchev–Trinajstić information content (AvgIpc) is 3.53. The van der Waals surface area contributed by atoms with Gasteiger partial charge >= 0.3 is 0 Å². The van der Waals surface area contributed by atoms with E-state index in [-0.39, 0.29) is 0 Å². The van der Waals surface area contributed by atoms with Gasteiger partial charge in [-0.3, -0.25) is 4.57 Å². The first-order chi connectivity index (χ1) is 19.8. The Kier molecular flexibility index (Phi) is 4.48. The van der Waals surface area contributed by atoms with Gasteiger partial charge in [-0.05, 0) is 53.2 Å². The Hall–Kier alpha value is -5.06. The molecule has 40 heavy (non-hydrogen) atoms. The third-order valence-electron chi connectivity index (χ3n) is 7.97. The van der Waals surface area contributed by atoms with E-state index in [1.54, 1.807) is 0 Å². The topological polar surface area (TPSA) is 30.7 Å². The van der Waals surface area contributed by atoms with Crippen LogP contribution in [0.1, 0.15) is 0 Å². The molecule has 0 aliphatic heterocycles. The van der Waals surface area contributed by atoms with Gasteiger partial charge in [-0.1, -0.05) is 84.9 Å². The third kappa shape index (κ3) is 3.11. The number of hydrogen-bond acceptors (Lipinski definition) is 3. The first kappa shape index (κ1) is 21.8. The number of nitrogens with zero attached hydrogens (tertiary/aromatic N) is 3. The summed E-state index contributed by atoms with van der Waals surface area (Å²) in [5, 5.41) is 8.57. The molecule has 0 N–H and O–H groups in total. The van der Waals surface area contributed by atoms with Crippen molar-refractivity contribution in [1.82, 2.24) is 14.5 Å². The summed E-state index contributed by atoms with van der Waals surface area (Å²) in [5.74, 6) is 0.686. The summed E-state index contributed by atoms with van der Waals surface area (Å²) in [6.45, 7) is 0. The van der Waals surface area contributed by atoms with E-state index in [1.165, 1.54) is 41.7 Å². The average molecular weight is 528 g/mol. The zero-order valence-electron chi connectivity index (χ0n) is 21.4. The highest BCUT2D eigenvalue weighted by Gasteiger charge is 2.18. The molecule has 0 saturated heterocycles. The Morgan fingerprint density at radius 3 is 2.08 bits per heavy atom. The lowest BCUT2D eigenvalue weighted by molar-refractivity contribution is 1.01. The van der Waals surface area contributed by atoms with Crippen LogP contribution in [0.3, 0.4) is 0 Å². The van der Waals surface area contributed by atoms with Crippen LogP contribution in [-0.4, -0.2) is 14.5 Å². The quantitative estimate of drug-likeness (QED) is 0.224. The molecule has 9 aromatic rings. The number of rotatable bonds is 2. The van der Waals surface area contributed by atoms with Gasteiger partial charge in [0.2, 0.25) is 5.95 Å². The van der Waals surface area contributed by atoms with Crippen LogP contribution in [-0.2, 0) is 0 Å². The van der Waals surface area contributed by atoms with Gasteiger partial charge in [0.1, 0.15) is 0 Å². The number of hydrogen-bond donors (Lipinski definition) is 0. The number of aromatic nitrogens is 3. The third-order valence-corrected chi connectivity index (χ3v) is 9.10. The molecule has 0 atom stereocenters. The summed E-state index contributed by atoms with van der Waals surface area (Å²) in [7, 11) is 0. The number of thiophene rings is 1. The fourth-order valence-electron chi connectivity index (χ4n) is 6.13. The van der Waals surface area contributed by atoms with E-state index in [0.29, 0.717) is 5.95 Å². The Balaban J connectivity index is 1.39. The van der Waals surface area contributed by atoms with Crippen molar-refractivity contribution in [3.05, 3.63) is 127 Å². The molecule has 3 aromatic heterocycles. The monoisotopic (exact) mass is 527 g/mol. The maximum Gasteiger partial charge on any atom is 0.235 e. The summed E-state index contributed by atoms with van der Waals surface area (Å²) < 4.78 is 4.87. The second-order valence-electron chi connectivity index (χ2n) is 10.3. The van der Waals surface area contributed by atoms with E-state index >= 15 is 0 Å². The van der Waals surface area contributed by atoms with E-state index in [2.05, 4.69) is 120 Å². The SMILES string of the molecule is c1ccc(-c2nc(-n3c4ccccc4c4cc5cc6c(cc5cc43)sc3ccccc36)nc3ccccc23)cc1. The number of fused-ring (bicyclic) bond motifs is 8. The highest BCUT2D eigenvalue weighted by Crippen LogP contribution is 2.40. The summed E-state index contributed by atoms with van der Waals surface area (Å²) in [4.78, 5) is 10.3. The Morgan fingerprint density at radius 2 is 1.18 bits per heavy atom. The Bertz CT molecular complexity index is 2430. The smallest absolute Gasteiger partial charge is 0.235 e. The molecule has 9 rings (SSSR count). The predicted octanol–water partition coefficient (Wildman–Crippen LogP) is 9.91. The highest BCUT2D eigenvalue weighted by atomic mass is 32.1. The minimum Gasteiger partial charge on any atom is -0.278 e. The van der Waals surface area contributed by atoms with Crippen LogP contribution in [0, 0.1) is 0 Å². The molecule has 186 valence electrons. The van der Waals surface area contributed by atoms with Crippen LogP contribution >= 0.6 is 11.3 Å². The molecule has 0 saturated carbocycles. The fraction of sp³-hybridized carbons (Fsp3) is 0. The normalized spacial score (nSPS) is 12.0. The molecule has 0 fully saturated rings. The predicted molar refractivity (Wildman–Crippen MR) is 170 cm³/mol. The number of para-hydroxylation sites is 2. The van der Waals surface area contributed by atoms with Crippen LogP contribution in [0.2, 0.25) is 0 Å². The summed E-state index contributed by atoms with van der Waals surface area (Å²) in [6.07, 6.45) is 0. The van der Waals surface area contributed by atoms with Gasteiger partial charge in [0.05, 0.1) is 22.2 Å². The van der Waals surface area contributed by atoms with E-state index in [0.717, 1.165) is 33.2 Å². The van der Waals surface area contributed by atoms with Crippen LogP contribution in [0.15, 0.2) is 127 Å². The number of benzene rings is 6. The van der Waals surface area contributed by atoms with Crippen LogP contribution in [0.25, 0.3) is 80.9 Å². The molecule has 0 amide bonds. The molecular formula is C36H21N3S. The first-order valence-electron chi connectivity index (χ1n) is 13.4. The van der Waals surface area contributed by atoms with Gasteiger partial charge < -0.3 is 0 Å². The Morgan fingerprint density at radius 1 is 0.475 bits per heavy atom. The van der Waals surface area contributed by atoms with Gasteiger partial charge in [-0.25, -0.2) is 9.97 Å². The molecule has 0 unspecified atom stereocenters. The van der Waals surface area contributed by atoms with E-state index in [4.69, 9.17) is 9.97 Å². The minimum atomic E-state index is 0.686.